The molecule has 0 saturated heterocycles. The van der Waals surface area contributed by atoms with Crippen molar-refractivity contribution < 1.29 is 19.1 Å². The summed E-state index contributed by atoms with van der Waals surface area (Å²) < 4.78 is 12.0. The Labute approximate surface area is 177 Å². The number of methoxy groups -OCH3 is 1. The summed E-state index contributed by atoms with van der Waals surface area (Å²) in [5.41, 5.74) is 5.06. The van der Waals surface area contributed by atoms with E-state index in [2.05, 4.69) is 0 Å². The molecule has 0 spiro atoms. The lowest BCUT2D eigenvalue weighted by Gasteiger charge is -2.14. The van der Waals surface area contributed by atoms with Gasteiger partial charge in [-0.1, -0.05) is 36.4 Å². The molecular formula is C22H21N3O6. The van der Waals surface area contributed by atoms with E-state index in [0.29, 0.717) is 5.75 Å². The van der Waals surface area contributed by atoms with Crippen LogP contribution in [0, 0.1) is 0 Å². The Balaban J connectivity index is 1.87. The summed E-state index contributed by atoms with van der Waals surface area (Å²) in [5, 5.41) is 0. The van der Waals surface area contributed by atoms with Crippen molar-refractivity contribution in [1.29, 1.82) is 0 Å². The number of hydrogen-bond acceptors (Lipinski definition) is 7. The summed E-state index contributed by atoms with van der Waals surface area (Å²) >= 11 is 0. The smallest absolute Gasteiger partial charge is 0.338 e. The fourth-order valence-corrected chi connectivity index (χ4v) is 3.00. The zero-order valence-corrected chi connectivity index (χ0v) is 17.0. The van der Waals surface area contributed by atoms with E-state index in [-0.39, 0.29) is 17.9 Å². The van der Waals surface area contributed by atoms with Crippen molar-refractivity contribution in [2.45, 2.75) is 6.54 Å². The molecule has 1 heterocycles. The van der Waals surface area contributed by atoms with Crippen molar-refractivity contribution in [3.63, 3.8) is 0 Å². The van der Waals surface area contributed by atoms with Crippen LogP contribution >= 0.6 is 0 Å². The van der Waals surface area contributed by atoms with Crippen LogP contribution in [0.2, 0.25) is 0 Å². The van der Waals surface area contributed by atoms with Gasteiger partial charge < -0.3 is 15.2 Å². The second-order valence-corrected chi connectivity index (χ2v) is 6.71. The van der Waals surface area contributed by atoms with Gasteiger partial charge in [0.25, 0.3) is 5.56 Å². The quantitative estimate of drug-likeness (QED) is 0.448. The van der Waals surface area contributed by atoms with E-state index in [1.807, 2.05) is 6.07 Å². The molecule has 1 aromatic heterocycles. The molecule has 3 rings (SSSR count). The van der Waals surface area contributed by atoms with Gasteiger partial charge in [0.2, 0.25) is 5.78 Å². The maximum absolute atomic E-state index is 12.7. The Kier molecular flexibility index (Phi) is 6.35. The highest BCUT2D eigenvalue weighted by Crippen LogP contribution is 2.14. The Morgan fingerprint density at radius 1 is 1.03 bits per heavy atom. The van der Waals surface area contributed by atoms with Crippen molar-refractivity contribution in [1.82, 2.24) is 9.13 Å². The average Bonchev–Trinajstić information content (AvgIpc) is 2.79. The molecule has 0 saturated carbocycles. The van der Waals surface area contributed by atoms with E-state index >= 15 is 0 Å². The predicted molar refractivity (Wildman–Crippen MR) is 114 cm³/mol. The van der Waals surface area contributed by atoms with Crippen molar-refractivity contribution in [2.75, 3.05) is 19.5 Å². The van der Waals surface area contributed by atoms with E-state index in [4.69, 9.17) is 15.2 Å². The molecule has 0 radical (unpaired) electrons. The third kappa shape index (κ3) is 4.55. The van der Waals surface area contributed by atoms with E-state index in [1.54, 1.807) is 36.4 Å². The average molecular weight is 423 g/mol. The topological polar surface area (TPSA) is 123 Å². The highest BCUT2D eigenvalue weighted by atomic mass is 16.5. The van der Waals surface area contributed by atoms with Gasteiger partial charge in [-0.05, 0) is 23.8 Å². The van der Waals surface area contributed by atoms with Crippen LogP contribution < -0.4 is 21.7 Å². The van der Waals surface area contributed by atoms with Crippen LogP contribution in [-0.4, -0.2) is 34.6 Å². The SMILES string of the molecule is COc1cccc(C(=O)OCC(=O)c2c(N)n(Cc3ccccc3)c(=O)n(C)c2=O)c1. The van der Waals surface area contributed by atoms with Gasteiger partial charge in [0.05, 0.1) is 19.2 Å². The third-order valence-corrected chi connectivity index (χ3v) is 4.69. The molecule has 2 N–H and O–H groups in total. The molecule has 0 aliphatic carbocycles. The van der Waals surface area contributed by atoms with Gasteiger partial charge in [0.1, 0.15) is 17.1 Å². The highest BCUT2D eigenvalue weighted by molar-refractivity contribution is 6.02. The first-order chi connectivity index (χ1) is 14.8. The van der Waals surface area contributed by atoms with E-state index in [9.17, 15) is 19.2 Å². The molecular weight excluding hydrogens is 402 g/mol. The number of ether oxygens (including phenoxy) is 2. The lowest BCUT2D eigenvalue weighted by molar-refractivity contribution is 0.0474. The number of rotatable bonds is 7. The normalized spacial score (nSPS) is 10.5. The molecule has 0 amide bonds. The van der Waals surface area contributed by atoms with Gasteiger partial charge in [-0.2, -0.15) is 0 Å². The lowest BCUT2D eigenvalue weighted by atomic mass is 10.1. The second-order valence-electron chi connectivity index (χ2n) is 6.71. The van der Waals surface area contributed by atoms with Gasteiger partial charge in [-0.15, -0.1) is 0 Å². The molecule has 0 aliphatic rings. The molecule has 0 unspecified atom stereocenters. The first kappa shape index (κ1) is 21.6. The number of nitrogens with zero attached hydrogens (tertiary/aromatic N) is 2. The van der Waals surface area contributed by atoms with Crippen LogP contribution in [0.1, 0.15) is 26.3 Å². The Morgan fingerprint density at radius 3 is 2.42 bits per heavy atom. The van der Waals surface area contributed by atoms with Crippen LogP contribution in [-0.2, 0) is 18.3 Å². The molecule has 31 heavy (non-hydrogen) atoms. The fraction of sp³-hybridized carbons (Fsp3) is 0.182. The molecule has 2 aromatic carbocycles. The fourth-order valence-electron chi connectivity index (χ4n) is 3.00. The number of carbonyl (C=O) groups excluding carboxylic acids is 2. The van der Waals surface area contributed by atoms with Crippen LogP contribution in [0.4, 0.5) is 5.82 Å². The molecule has 0 bridgehead atoms. The van der Waals surface area contributed by atoms with Crippen LogP contribution in [0.25, 0.3) is 0 Å². The monoisotopic (exact) mass is 423 g/mol. The minimum atomic E-state index is -0.853. The van der Waals surface area contributed by atoms with Crippen LogP contribution in [0.15, 0.2) is 64.2 Å². The predicted octanol–water partition coefficient (Wildman–Crippen LogP) is 1.23. The summed E-state index contributed by atoms with van der Waals surface area (Å²) in [6, 6.07) is 15.2. The minimum absolute atomic E-state index is 0.0729. The zero-order valence-electron chi connectivity index (χ0n) is 17.0. The van der Waals surface area contributed by atoms with Crippen LogP contribution in [0.5, 0.6) is 5.75 Å². The Hall–Kier alpha value is -4.14. The second kappa shape index (κ2) is 9.12. The summed E-state index contributed by atoms with van der Waals surface area (Å²) in [5.74, 6) is -1.40. The molecule has 0 fully saturated rings. The summed E-state index contributed by atoms with van der Waals surface area (Å²) in [4.78, 5) is 50.0. The largest absolute Gasteiger partial charge is 0.497 e. The number of esters is 1. The summed E-state index contributed by atoms with van der Waals surface area (Å²) in [7, 11) is 2.71. The number of carbonyl (C=O) groups is 2. The molecule has 160 valence electrons. The number of nitrogens with two attached hydrogens (primary N) is 1. The van der Waals surface area contributed by atoms with Gasteiger partial charge in [-0.3, -0.25) is 18.7 Å². The number of aromatic nitrogens is 2. The van der Waals surface area contributed by atoms with E-state index in [1.165, 1.54) is 26.3 Å². The molecule has 0 atom stereocenters. The van der Waals surface area contributed by atoms with Crippen molar-refractivity contribution in [3.8, 4) is 5.75 Å². The van der Waals surface area contributed by atoms with E-state index in [0.717, 1.165) is 14.7 Å². The zero-order chi connectivity index (χ0) is 22.5. The molecule has 0 aliphatic heterocycles. The van der Waals surface area contributed by atoms with Gasteiger partial charge >= 0.3 is 11.7 Å². The van der Waals surface area contributed by atoms with Crippen molar-refractivity contribution in [3.05, 3.63) is 92.1 Å². The van der Waals surface area contributed by atoms with E-state index < -0.39 is 35.2 Å². The summed E-state index contributed by atoms with van der Waals surface area (Å²) in [6.45, 7) is -0.636. The number of Topliss-reactive ketones (excluding diaryl/α,β-unsaturated/α-hetero) is 1. The van der Waals surface area contributed by atoms with Gasteiger partial charge in [0.15, 0.2) is 6.61 Å². The van der Waals surface area contributed by atoms with Crippen molar-refractivity contribution in [2.24, 2.45) is 7.05 Å². The maximum Gasteiger partial charge on any atom is 0.338 e. The van der Waals surface area contributed by atoms with Gasteiger partial charge in [0, 0.05) is 7.05 Å². The lowest BCUT2D eigenvalue weighted by Crippen LogP contribution is -2.43. The first-order valence-corrected chi connectivity index (χ1v) is 9.31. The Bertz CT molecular complexity index is 1240. The molecule has 9 heteroatoms. The van der Waals surface area contributed by atoms with Crippen LogP contribution in [0.3, 0.4) is 0 Å². The third-order valence-electron chi connectivity index (χ3n) is 4.69. The Morgan fingerprint density at radius 2 is 1.74 bits per heavy atom. The van der Waals surface area contributed by atoms with Crippen molar-refractivity contribution >= 4 is 17.6 Å². The first-order valence-electron chi connectivity index (χ1n) is 9.31. The minimum Gasteiger partial charge on any atom is -0.497 e. The number of anilines is 1. The molecule has 3 aromatic rings. The summed E-state index contributed by atoms with van der Waals surface area (Å²) in [6.07, 6.45) is 0. The number of hydrogen-bond donors (Lipinski definition) is 1. The van der Waals surface area contributed by atoms with Gasteiger partial charge in [-0.25, -0.2) is 9.59 Å². The standard InChI is InChI=1S/C22H21N3O6/c1-24-20(27)18(19(23)25(22(24)29)12-14-7-4-3-5-8-14)17(26)13-31-21(28)15-9-6-10-16(11-15)30-2/h3-11H,12-13,23H2,1-2H3. The number of benzene rings is 2. The number of ketones is 1. The highest BCUT2D eigenvalue weighted by Gasteiger charge is 2.23. The molecule has 9 nitrogen and oxygen atoms in total. The number of nitrogen functional groups attached to an aromatic ring is 1. The maximum atomic E-state index is 12.7.